The molecule has 1 aromatic heterocycles. The topological polar surface area (TPSA) is 128 Å². The fourth-order valence-corrected chi connectivity index (χ4v) is 3.27. The third kappa shape index (κ3) is 5.11. The number of hydrogen-bond acceptors (Lipinski definition) is 6. The van der Waals surface area contributed by atoms with Gasteiger partial charge >= 0.3 is 0 Å². The van der Waals surface area contributed by atoms with E-state index >= 15 is 0 Å². The molecular formula is C23H25N5O3. The Kier molecular flexibility index (Phi) is 6.71. The zero-order chi connectivity index (χ0) is 22.4. The lowest BCUT2D eigenvalue weighted by molar-refractivity contribution is -0.119. The van der Waals surface area contributed by atoms with Gasteiger partial charge in [-0.05, 0) is 29.8 Å². The second-order valence-electron chi connectivity index (χ2n) is 6.85. The van der Waals surface area contributed by atoms with Crippen molar-refractivity contribution in [3.63, 3.8) is 0 Å². The molecule has 1 amide bonds. The highest BCUT2D eigenvalue weighted by Crippen LogP contribution is 2.31. The van der Waals surface area contributed by atoms with Gasteiger partial charge in [0.15, 0.2) is 6.04 Å². The number of nitrogens with two attached hydrogens (primary N) is 2. The van der Waals surface area contributed by atoms with Crippen molar-refractivity contribution in [1.82, 2.24) is 4.98 Å². The number of carbonyl (C=O) groups excluding carboxylic acids is 1. The maximum absolute atomic E-state index is 12.7. The molecule has 0 saturated carbocycles. The number of benzene rings is 2. The van der Waals surface area contributed by atoms with Gasteiger partial charge in [-0.15, -0.1) is 0 Å². The van der Waals surface area contributed by atoms with E-state index < -0.39 is 11.9 Å². The number of amides is 1. The third-order valence-electron chi connectivity index (χ3n) is 4.81. The van der Waals surface area contributed by atoms with E-state index in [2.05, 4.69) is 4.98 Å². The summed E-state index contributed by atoms with van der Waals surface area (Å²) >= 11 is 0. The molecule has 1 unspecified atom stereocenters. The van der Waals surface area contributed by atoms with Gasteiger partial charge in [0.1, 0.15) is 11.6 Å². The zero-order valence-corrected chi connectivity index (χ0v) is 17.4. The van der Waals surface area contributed by atoms with Crippen molar-refractivity contribution in [3.05, 3.63) is 83.6 Å². The molecule has 1 heterocycles. The summed E-state index contributed by atoms with van der Waals surface area (Å²) in [4.78, 5) is 19.0. The first-order valence-corrected chi connectivity index (χ1v) is 9.57. The van der Waals surface area contributed by atoms with Crippen LogP contribution in [0.3, 0.4) is 0 Å². The molecule has 0 radical (unpaired) electrons. The maximum Gasteiger partial charge on any atom is 0.246 e. The summed E-state index contributed by atoms with van der Waals surface area (Å²) in [6, 6.07) is 19.2. The standard InChI is InChI=1S/C23H25N5O3/c1-30-18-12-19(27-20(13-18)31-2)21(23(26)29)28(14-15-6-4-3-5-7-15)17-10-8-16(9-11-17)22(24)25/h3-13,21H,14H2,1-2H3,(H3,24,25)(H2,26,29). The van der Waals surface area contributed by atoms with E-state index in [1.54, 1.807) is 36.4 Å². The Morgan fingerprint density at radius 3 is 2.26 bits per heavy atom. The quantitative estimate of drug-likeness (QED) is 0.361. The minimum atomic E-state index is -0.896. The van der Waals surface area contributed by atoms with E-state index in [1.165, 1.54) is 14.2 Å². The van der Waals surface area contributed by atoms with E-state index in [1.807, 2.05) is 35.2 Å². The number of aromatic nitrogens is 1. The number of amidine groups is 1. The van der Waals surface area contributed by atoms with Crippen LogP contribution < -0.4 is 25.8 Å². The lowest BCUT2D eigenvalue weighted by Gasteiger charge is -2.32. The number of rotatable bonds is 9. The van der Waals surface area contributed by atoms with Crippen molar-refractivity contribution < 1.29 is 14.3 Å². The molecule has 160 valence electrons. The number of primary amides is 1. The number of methoxy groups -OCH3 is 2. The molecule has 1 atom stereocenters. The van der Waals surface area contributed by atoms with Crippen LogP contribution >= 0.6 is 0 Å². The van der Waals surface area contributed by atoms with Crippen molar-refractivity contribution >= 4 is 17.4 Å². The largest absolute Gasteiger partial charge is 0.496 e. The third-order valence-corrected chi connectivity index (χ3v) is 4.81. The lowest BCUT2D eigenvalue weighted by atomic mass is 10.1. The molecule has 0 fully saturated rings. The second kappa shape index (κ2) is 9.62. The molecule has 3 aromatic rings. The van der Waals surface area contributed by atoms with Crippen LogP contribution in [-0.4, -0.2) is 30.9 Å². The van der Waals surface area contributed by atoms with Crippen molar-refractivity contribution in [2.75, 3.05) is 19.1 Å². The van der Waals surface area contributed by atoms with E-state index in [0.29, 0.717) is 29.4 Å². The molecule has 0 spiro atoms. The number of hydrogen-bond donors (Lipinski definition) is 3. The predicted octanol–water partition coefficient (Wildman–Crippen LogP) is 2.62. The summed E-state index contributed by atoms with van der Waals surface area (Å²) in [5.74, 6) is 0.202. The fourth-order valence-electron chi connectivity index (χ4n) is 3.27. The van der Waals surface area contributed by atoms with Gasteiger partial charge in [-0.1, -0.05) is 30.3 Å². The fraction of sp³-hybridized carbons (Fsp3) is 0.174. The van der Waals surface area contributed by atoms with Gasteiger partial charge in [0, 0.05) is 29.9 Å². The average Bonchev–Trinajstić information content (AvgIpc) is 2.78. The van der Waals surface area contributed by atoms with Gasteiger partial charge < -0.3 is 25.8 Å². The summed E-state index contributed by atoms with van der Waals surface area (Å²) < 4.78 is 10.6. The summed E-state index contributed by atoms with van der Waals surface area (Å²) in [5.41, 5.74) is 14.1. The molecule has 3 rings (SSSR count). The molecule has 5 N–H and O–H groups in total. The van der Waals surface area contributed by atoms with Gasteiger partial charge in [-0.25, -0.2) is 4.98 Å². The Morgan fingerprint density at radius 2 is 1.71 bits per heavy atom. The van der Waals surface area contributed by atoms with Gasteiger partial charge in [-0.3, -0.25) is 10.2 Å². The SMILES string of the molecule is COc1cc(OC)nc(C(C(N)=O)N(Cc2ccccc2)c2ccc(C(=N)N)cc2)c1. The smallest absolute Gasteiger partial charge is 0.246 e. The van der Waals surface area contributed by atoms with Crippen LogP contribution in [-0.2, 0) is 11.3 Å². The molecule has 2 aromatic carbocycles. The molecule has 0 aliphatic rings. The van der Waals surface area contributed by atoms with Crippen molar-refractivity contribution in [3.8, 4) is 11.6 Å². The van der Waals surface area contributed by atoms with Crippen molar-refractivity contribution in [1.29, 1.82) is 5.41 Å². The normalized spacial score (nSPS) is 11.4. The minimum Gasteiger partial charge on any atom is -0.496 e. The maximum atomic E-state index is 12.7. The summed E-state index contributed by atoms with van der Waals surface area (Å²) in [6.07, 6.45) is 0. The van der Waals surface area contributed by atoms with Crippen LogP contribution in [0.5, 0.6) is 11.6 Å². The molecule has 8 nitrogen and oxygen atoms in total. The van der Waals surface area contributed by atoms with E-state index in [0.717, 1.165) is 11.3 Å². The van der Waals surface area contributed by atoms with Gasteiger partial charge in [0.25, 0.3) is 0 Å². The van der Waals surface area contributed by atoms with Crippen molar-refractivity contribution in [2.24, 2.45) is 11.5 Å². The number of anilines is 1. The first-order valence-electron chi connectivity index (χ1n) is 9.57. The summed E-state index contributed by atoms with van der Waals surface area (Å²) in [6.45, 7) is 0.398. The molecule has 8 heteroatoms. The number of carbonyl (C=O) groups is 1. The lowest BCUT2D eigenvalue weighted by Crippen LogP contribution is -2.38. The number of pyridine rings is 1. The number of nitrogens with one attached hydrogen (secondary N) is 1. The first kappa shape index (κ1) is 21.6. The van der Waals surface area contributed by atoms with Crippen LogP contribution in [0.15, 0.2) is 66.7 Å². The number of nitrogens with zero attached hydrogens (tertiary/aromatic N) is 2. The highest BCUT2D eigenvalue weighted by atomic mass is 16.5. The first-order chi connectivity index (χ1) is 14.9. The molecule has 0 aliphatic heterocycles. The molecular weight excluding hydrogens is 394 g/mol. The molecule has 31 heavy (non-hydrogen) atoms. The van der Waals surface area contributed by atoms with Crippen molar-refractivity contribution in [2.45, 2.75) is 12.6 Å². The Labute approximate surface area is 180 Å². The van der Waals surface area contributed by atoms with E-state index in [9.17, 15) is 4.79 Å². The summed E-state index contributed by atoms with van der Waals surface area (Å²) in [7, 11) is 3.02. The highest BCUT2D eigenvalue weighted by Gasteiger charge is 2.29. The number of ether oxygens (including phenoxy) is 2. The Morgan fingerprint density at radius 1 is 1.03 bits per heavy atom. The highest BCUT2D eigenvalue weighted by molar-refractivity contribution is 5.95. The van der Waals surface area contributed by atoms with Crippen LogP contribution in [0.2, 0.25) is 0 Å². The van der Waals surface area contributed by atoms with Gasteiger partial charge in [0.05, 0.1) is 19.9 Å². The molecule has 0 saturated heterocycles. The summed E-state index contributed by atoms with van der Waals surface area (Å²) in [5, 5.41) is 7.62. The monoisotopic (exact) mass is 419 g/mol. The predicted molar refractivity (Wildman–Crippen MR) is 119 cm³/mol. The van der Waals surface area contributed by atoms with Crippen LogP contribution in [0.4, 0.5) is 5.69 Å². The second-order valence-corrected chi connectivity index (χ2v) is 6.85. The average molecular weight is 419 g/mol. The van der Waals surface area contributed by atoms with Gasteiger partial charge in [0.2, 0.25) is 11.8 Å². The van der Waals surface area contributed by atoms with Crippen LogP contribution in [0.25, 0.3) is 0 Å². The Hall–Kier alpha value is -4.07. The molecule has 0 bridgehead atoms. The van der Waals surface area contributed by atoms with Crippen LogP contribution in [0.1, 0.15) is 22.9 Å². The molecule has 0 aliphatic carbocycles. The Bertz CT molecular complexity index is 1030. The minimum absolute atomic E-state index is 0.0354. The van der Waals surface area contributed by atoms with Crippen LogP contribution in [0, 0.1) is 5.41 Å². The number of nitrogen functional groups attached to an aromatic ring is 1. The van der Waals surface area contributed by atoms with E-state index in [4.69, 9.17) is 26.4 Å². The zero-order valence-electron chi connectivity index (χ0n) is 17.4. The van der Waals surface area contributed by atoms with Gasteiger partial charge in [-0.2, -0.15) is 0 Å². The van der Waals surface area contributed by atoms with E-state index in [-0.39, 0.29) is 5.84 Å². The Balaban J connectivity index is 2.12.